The van der Waals surface area contributed by atoms with Crippen LogP contribution in [-0.2, 0) is 10.0 Å². The van der Waals surface area contributed by atoms with Gasteiger partial charge in [0, 0.05) is 5.56 Å². The number of methoxy groups -OCH3 is 1. The van der Waals surface area contributed by atoms with Gasteiger partial charge in [-0.15, -0.1) is 0 Å². The maximum absolute atomic E-state index is 12.5. The summed E-state index contributed by atoms with van der Waals surface area (Å²) in [6.07, 6.45) is 0. The fraction of sp³-hybridized carbons (Fsp3) is 0.0625. The molecule has 0 amide bonds. The Labute approximate surface area is 146 Å². The zero-order valence-corrected chi connectivity index (χ0v) is 14.8. The van der Waals surface area contributed by atoms with E-state index in [9.17, 15) is 13.2 Å². The molecule has 2 aromatic carbocycles. The first-order valence-corrected chi connectivity index (χ1v) is 9.09. The van der Waals surface area contributed by atoms with Crippen LogP contribution in [-0.4, -0.2) is 15.5 Å². The maximum Gasteiger partial charge on any atom is 0.238 e. The lowest BCUT2D eigenvalue weighted by atomic mass is 10.1. The van der Waals surface area contributed by atoms with Gasteiger partial charge >= 0.3 is 0 Å². The molecule has 0 fully saturated rings. The van der Waals surface area contributed by atoms with Crippen molar-refractivity contribution in [2.75, 3.05) is 7.11 Å². The summed E-state index contributed by atoms with van der Waals surface area (Å²) in [6, 6.07) is 10.7. The van der Waals surface area contributed by atoms with Crippen LogP contribution < -0.4 is 15.3 Å². The van der Waals surface area contributed by atoms with E-state index in [0.717, 1.165) is 0 Å². The molecule has 1 aromatic heterocycles. The number of fused-ring (bicyclic) bond motifs is 1. The van der Waals surface area contributed by atoms with Crippen molar-refractivity contribution in [3.05, 3.63) is 57.2 Å². The van der Waals surface area contributed by atoms with E-state index in [1.54, 1.807) is 18.2 Å². The molecule has 124 valence electrons. The lowest BCUT2D eigenvalue weighted by Crippen LogP contribution is -2.11. The van der Waals surface area contributed by atoms with Crippen LogP contribution in [0.15, 0.2) is 61.0 Å². The van der Waals surface area contributed by atoms with Crippen LogP contribution in [0.3, 0.4) is 0 Å². The molecule has 0 aliphatic rings. The monoisotopic (exact) mass is 409 g/mol. The Morgan fingerprint density at radius 3 is 2.38 bits per heavy atom. The second-order valence-electron chi connectivity index (χ2n) is 5.01. The van der Waals surface area contributed by atoms with E-state index in [1.165, 1.54) is 31.4 Å². The van der Waals surface area contributed by atoms with Crippen LogP contribution in [0.2, 0.25) is 0 Å². The molecule has 2 N–H and O–H groups in total. The molecular weight excluding hydrogens is 398 g/mol. The third-order valence-corrected chi connectivity index (χ3v) is 5.14. The van der Waals surface area contributed by atoms with Crippen LogP contribution in [0.5, 0.6) is 5.75 Å². The zero-order chi connectivity index (χ0) is 17.5. The number of sulfonamides is 1. The maximum atomic E-state index is 12.5. The highest BCUT2D eigenvalue weighted by Gasteiger charge is 2.16. The van der Waals surface area contributed by atoms with Crippen molar-refractivity contribution < 1.29 is 17.6 Å². The van der Waals surface area contributed by atoms with Gasteiger partial charge in [0.15, 0.2) is 5.76 Å². The summed E-state index contributed by atoms with van der Waals surface area (Å²) in [4.78, 5) is 12.5. The Morgan fingerprint density at radius 1 is 1.12 bits per heavy atom. The summed E-state index contributed by atoms with van der Waals surface area (Å²) in [6.45, 7) is 0. The first-order valence-electron chi connectivity index (χ1n) is 6.75. The molecule has 0 unspecified atom stereocenters. The van der Waals surface area contributed by atoms with Crippen molar-refractivity contribution in [2.45, 2.75) is 4.90 Å². The van der Waals surface area contributed by atoms with Gasteiger partial charge < -0.3 is 9.15 Å². The molecule has 3 rings (SSSR count). The molecule has 0 aliphatic carbocycles. The minimum absolute atomic E-state index is 0.0183. The topological polar surface area (TPSA) is 99.6 Å². The standard InChI is InChI=1S/C16H12BrNO5S/c1-22-10-4-7-13-12(8-10)15(19)14(17)16(23-13)9-2-5-11(6-3-9)24(18,20)21/h2-8H,1H3,(H2,18,20,21). The molecule has 0 bridgehead atoms. The van der Waals surface area contributed by atoms with Crippen LogP contribution in [0.1, 0.15) is 0 Å². The van der Waals surface area contributed by atoms with E-state index in [4.69, 9.17) is 14.3 Å². The van der Waals surface area contributed by atoms with Crippen molar-refractivity contribution >= 4 is 36.9 Å². The molecular formula is C16H12BrNO5S. The molecule has 0 spiro atoms. The normalized spacial score (nSPS) is 11.6. The summed E-state index contributed by atoms with van der Waals surface area (Å²) >= 11 is 3.25. The molecule has 1 heterocycles. The Hall–Kier alpha value is -2.16. The highest BCUT2D eigenvalue weighted by Crippen LogP contribution is 2.31. The number of primary sulfonamides is 1. The zero-order valence-electron chi connectivity index (χ0n) is 12.4. The van der Waals surface area contributed by atoms with Gasteiger partial charge in [-0.25, -0.2) is 13.6 Å². The van der Waals surface area contributed by atoms with E-state index in [0.29, 0.717) is 28.0 Å². The highest BCUT2D eigenvalue weighted by molar-refractivity contribution is 9.10. The van der Waals surface area contributed by atoms with Crippen LogP contribution >= 0.6 is 15.9 Å². The lowest BCUT2D eigenvalue weighted by Gasteiger charge is -2.08. The van der Waals surface area contributed by atoms with Crippen molar-refractivity contribution in [3.63, 3.8) is 0 Å². The number of hydrogen-bond donors (Lipinski definition) is 1. The van der Waals surface area contributed by atoms with Gasteiger partial charge in [-0.2, -0.15) is 0 Å². The van der Waals surface area contributed by atoms with Gasteiger partial charge in [0.1, 0.15) is 15.8 Å². The summed E-state index contributed by atoms with van der Waals surface area (Å²) in [5, 5.41) is 5.46. The fourth-order valence-electron chi connectivity index (χ4n) is 2.26. The SMILES string of the molecule is COc1ccc2oc(-c3ccc(S(N)(=O)=O)cc3)c(Br)c(=O)c2c1. The average Bonchev–Trinajstić information content (AvgIpc) is 2.57. The second kappa shape index (κ2) is 6.04. The van der Waals surface area contributed by atoms with Gasteiger partial charge in [-0.1, -0.05) is 0 Å². The van der Waals surface area contributed by atoms with Gasteiger partial charge in [0.05, 0.1) is 17.4 Å². The summed E-state index contributed by atoms with van der Waals surface area (Å²) in [5.41, 5.74) is 0.694. The molecule has 0 aliphatic heterocycles. The largest absolute Gasteiger partial charge is 0.497 e. The molecule has 0 atom stereocenters. The van der Waals surface area contributed by atoms with E-state index >= 15 is 0 Å². The number of rotatable bonds is 3. The summed E-state index contributed by atoms with van der Waals surface area (Å²) < 4.78 is 33.8. The lowest BCUT2D eigenvalue weighted by molar-refractivity contribution is 0.415. The van der Waals surface area contributed by atoms with Crippen LogP contribution in [0, 0.1) is 0 Å². The minimum Gasteiger partial charge on any atom is -0.497 e. The molecule has 0 radical (unpaired) electrons. The van der Waals surface area contributed by atoms with E-state index in [-0.39, 0.29) is 14.8 Å². The number of halogens is 1. The Balaban J connectivity index is 2.20. The van der Waals surface area contributed by atoms with Gasteiger partial charge in [0.25, 0.3) is 0 Å². The number of ether oxygens (including phenoxy) is 1. The van der Waals surface area contributed by atoms with Gasteiger partial charge in [-0.3, -0.25) is 4.79 Å². The third kappa shape index (κ3) is 2.95. The van der Waals surface area contributed by atoms with Gasteiger partial charge in [0.2, 0.25) is 15.5 Å². The molecule has 0 saturated carbocycles. The predicted molar refractivity (Wildman–Crippen MR) is 93.5 cm³/mol. The molecule has 0 saturated heterocycles. The van der Waals surface area contributed by atoms with E-state index in [2.05, 4.69) is 15.9 Å². The van der Waals surface area contributed by atoms with Crippen LogP contribution in [0.4, 0.5) is 0 Å². The Kier molecular flexibility index (Phi) is 4.20. The molecule has 24 heavy (non-hydrogen) atoms. The second-order valence-corrected chi connectivity index (χ2v) is 7.36. The van der Waals surface area contributed by atoms with Crippen molar-refractivity contribution in [1.29, 1.82) is 0 Å². The third-order valence-electron chi connectivity index (χ3n) is 3.49. The first kappa shape index (κ1) is 16.7. The summed E-state index contributed by atoms with van der Waals surface area (Å²) in [7, 11) is -2.27. The minimum atomic E-state index is -3.78. The molecule has 3 aromatic rings. The quantitative estimate of drug-likeness (QED) is 0.716. The smallest absolute Gasteiger partial charge is 0.238 e. The van der Waals surface area contributed by atoms with Crippen molar-refractivity contribution in [3.8, 4) is 17.1 Å². The Morgan fingerprint density at radius 2 is 1.79 bits per heavy atom. The molecule has 6 nitrogen and oxygen atoms in total. The number of nitrogens with two attached hydrogens (primary N) is 1. The van der Waals surface area contributed by atoms with E-state index in [1.807, 2.05) is 0 Å². The van der Waals surface area contributed by atoms with Crippen LogP contribution in [0.25, 0.3) is 22.3 Å². The van der Waals surface area contributed by atoms with Crippen molar-refractivity contribution in [1.82, 2.24) is 0 Å². The molecule has 8 heteroatoms. The number of hydrogen-bond acceptors (Lipinski definition) is 5. The Bertz CT molecular complexity index is 1090. The van der Waals surface area contributed by atoms with Crippen molar-refractivity contribution in [2.24, 2.45) is 5.14 Å². The van der Waals surface area contributed by atoms with Gasteiger partial charge in [-0.05, 0) is 58.4 Å². The number of benzene rings is 2. The van der Waals surface area contributed by atoms with E-state index < -0.39 is 10.0 Å². The summed E-state index contributed by atoms with van der Waals surface area (Å²) in [5.74, 6) is 0.852. The predicted octanol–water partition coefficient (Wildman–Crippen LogP) is 2.88. The average molecular weight is 410 g/mol. The fourth-order valence-corrected chi connectivity index (χ4v) is 3.30. The highest BCUT2D eigenvalue weighted by atomic mass is 79.9. The first-order chi connectivity index (χ1) is 11.3.